The molecule has 6 nitrogen and oxygen atoms in total. The van der Waals surface area contributed by atoms with Gasteiger partial charge in [0, 0.05) is 12.7 Å². The van der Waals surface area contributed by atoms with Gasteiger partial charge in [-0.2, -0.15) is 5.10 Å². The van der Waals surface area contributed by atoms with Gasteiger partial charge in [0.1, 0.15) is 5.69 Å². The summed E-state index contributed by atoms with van der Waals surface area (Å²) < 4.78 is 1.75. The third kappa shape index (κ3) is 2.52. The molecule has 7 heteroatoms. The lowest BCUT2D eigenvalue weighted by Crippen LogP contribution is -2.16. The zero-order valence-corrected chi connectivity index (χ0v) is 9.78. The van der Waals surface area contributed by atoms with Gasteiger partial charge in [0.25, 0.3) is 5.91 Å². The van der Waals surface area contributed by atoms with E-state index in [0.717, 1.165) is 10.6 Å². The highest BCUT2D eigenvalue weighted by Gasteiger charge is 2.10. The lowest BCUT2D eigenvalue weighted by atomic mass is 10.3. The van der Waals surface area contributed by atoms with Crippen LogP contribution in [0, 0.1) is 0 Å². The molecule has 0 aliphatic carbocycles. The van der Waals surface area contributed by atoms with Gasteiger partial charge in [0.15, 0.2) is 0 Å². The van der Waals surface area contributed by atoms with Gasteiger partial charge in [-0.25, -0.2) is 5.48 Å². The van der Waals surface area contributed by atoms with Crippen LogP contribution in [0.25, 0.3) is 10.6 Å². The number of hydroxylamine groups is 1. The summed E-state index contributed by atoms with van der Waals surface area (Å²) in [6.07, 6.45) is 1.84. The van der Waals surface area contributed by atoms with Crippen molar-refractivity contribution in [2.24, 2.45) is 5.73 Å². The van der Waals surface area contributed by atoms with Crippen LogP contribution in [-0.2, 0) is 6.54 Å². The third-order valence-electron chi connectivity index (χ3n) is 2.18. The molecule has 2 rings (SSSR count). The Morgan fingerprint density at radius 2 is 2.35 bits per heavy atom. The Hall–Kier alpha value is -1.70. The van der Waals surface area contributed by atoms with Crippen molar-refractivity contribution in [2.45, 2.75) is 6.54 Å². The zero-order chi connectivity index (χ0) is 12.3. The molecule has 0 aromatic carbocycles. The predicted octanol–water partition coefficient (Wildman–Crippen LogP) is 0.689. The van der Waals surface area contributed by atoms with E-state index < -0.39 is 5.91 Å². The van der Waals surface area contributed by atoms with Crippen LogP contribution in [0.5, 0.6) is 0 Å². The predicted molar refractivity (Wildman–Crippen MR) is 63.8 cm³/mol. The molecule has 0 aliphatic rings. The normalized spacial score (nSPS) is 10.5. The van der Waals surface area contributed by atoms with Crippen molar-refractivity contribution in [1.82, 2.24) is 15.3 Å². The summed E-state index contributed by atoms with van der Waals surface area (Å²) in [6.45, 7) is 1.19. The van der Waals surface area contributed by atoms with Crippen LogP contribution >= 0.6 is 11.3 Å². The van der Waals surface area contributed by atoms with Crippen molar-refractivity contribution in [2.75, 3.05) is 6.54 Å². The van der Waals surface area contributed by atoms with E-state index in [-0.39, 0.29) is 0 Å². The fraction of sp³-hybridized carbons (Fsp3) is 0.200. The summed E-state index contributed by atoms with van der Waals surface area (Å²) in [4.78, 5) is 12.5. The quantitative estimate of drug-likeness (QED) is 0.551. The Kier molecular flexibility index (Phi) is 3.52. The Bertz CT molecular complexity index is 520. The van der Waals surface area contributed by atoms with Gasteiger partial charge in [-0.05, 0) is 18.2 Å². The van der Waals surface area contributed by atoms with Crippen molar-refractivity contribution >= 4 is 17.2 Å². The monoisotopic (exact) mass is 252 g/mol. The first-order valence-corrected chi connectivity index (χ1v) is 5.84. The highest BCUT2D eigenvalue weighted by Crippen LogP contribution is 2.26. The standard InChI is InChI=1S/C10H12N4O2S/c11-4-6-14-5-3-7(12-14)8-1-2-9(17-8)10(15)13-16/h1-3,5,16H,4,6,11H2,(H,13,15). The molecule has 0 bridgehead atoms. The first-order chi connectivity index (χ1) is 8.24. The van der Waals surface area contributed by atoms with Crippen LogP contribution in [0.4, 0.5) is 0 Å². The zero-order valence-electron chi connectivity index (χ0n) is 8.96. The van der Waals surface area contributed by atoms with Gasteiger partial charge < -0.3 is 5.73 Å². The molecule has 90 valence electrons. The van der Waals surface area contributed by atoms with Gasteiger partial charge in [-0.15, -0.1) is 11.3 Å². The lowest BCUT2D eigenvalue weighted by Gasteiger charge is -1.95. The maximum Gasteiger partial charge on any atom is 0.284 e. The number of carbonyl (C=O) groups is 1. The van der Waals surface area contributed by atoms with Crippen molar-refractivity contribution in [3.63, 3.8) is 0 Å². The number of hydrogen-bond acceptors (Lipinski definition) is 5. The van der Waals surface area contributed by atoms with E-state index >= 15 is 0 Å². The SMILES string of the molecule is NCCn1ccc(-c2ccc(C(=O)NO)s2)n1. The number of nitrogens with zero attached hydrogens (tertiary/aromatic N) is 2. The number of hydrogen-bond donors (Lipinski definition) is 3. The van der Waals surface area contributed by atoms with E-state index in [1.165, 1.54) is 11.3 Å². The molecule has 0 atom stereocenters. The topological polar surface area (TPSA) is 93.2 Å². The van der Waals surface area contributed by atoms with E-state index in [1.54, 1.807) is 22.3 Å². The average molecular weight is 252 g/mol. The molecule has 0 saturated heterocycles. The number of rotatable bonds is 4. The number of nitrogens with one attached hydrogen (secondary N) is 1. The fourth-order valence-electron chi connectivity index (χ4n) is 1.40. The van der Waals surface area contributed by atoms with Gasteiger partial charge in [-0.3, -0.25) is 14.7 Å². The van der Waals surface area contributed by atoms with E-state index in [9.17, 15) is 4.79 Å². The maximum atomic E-state index is 11.2. The molecule has 2 aromatic rings. The number of thiophene rings is 1. The highest BCUT2D eigenvalue weighted by molar-refractivity contribution is 7.17. The van der Waals surface area contributed by atoms with Crippen LogP contribution in [0.3, 0.4) is 0 Å². The fourth-order valence-corrected chi connectivity index (χ4v) is 2.26. The second-order valence-corrected chi connectivity index (χ2v) is 4.44. The van der Waals surface area contributed by atoms with Gasteiger partial charge in [0.2, 0.25) is 0 Å². The molecule has 17 heavy (non-hydrogen) atoms. The first kappa shape index (κ1) is 11.8. The number of aromatic nitrogens is 2. The Labute approximate surface area is 102 Å². The Balaban J connectivity index is 2.21. The van der Waals surface area contributed by atoms with E-state index in [2.05, 4.69) is 5.10 Å². The molecule has 0 spiro atoms. The molecule has 0 radical (unpaired) electrons. The van der Waals surface area contributed by atoms with Crippen LogP contribution in [0.1, 0.15) is 9.67 Å². The summed E-state index contributed by atoms with van der Waals surface area (Å²) in [7, 11) is 0. The number of carbonyl (C=O) groups excluding carboxylic acids is 1. The van der Waals surface area contributed by atoms with Crippen molar-refractivity contribution in [1.29, 1.82) is 0 Å². The molecule has 0 fully saturated rings. The van der Waals surface area contributed by atoms with Crippen molar-refractivity contribution in [3.8, 4) is 10.6 Å². The second-order valence-electron chi connectivity index (χ2n) is 3.36. The summed E-state index contributed by atoms with van der Waals surface area (Å²) >= 11 is 1.27. The third-order valence-corrected chi connectivity index (χ3v) is 3.29. The largest absolute Gasteiger partial charge is 0.329 e. The molecule has 4 N–H and O–H groups in total. The first-order valence-electron chi connectivity index (χ1n) is 5.02. The van der Waals surface area contributed by atoms with Crippen LogP contribution in [-0.4, -0.2) is 27.4 Å². The van der Waals surface area contributed by atoms with Crippen molar-refractivity contribution in [3.05, 3.63) is 29.3 Å². The Morgan fingerprint density at radius 1 is 1.53 bits per heavy atom. The molecule has 0 unspecified atom stereocenters. The minimum Gasteiger partial charge on any atom is -0.329 e. The molecule has 0 saturated carbocycles. The van der Waals surface area contributed by atoms with Crippen LogP contribution < -0.4 is 11.2 Å². The smallest absolute Gasteiger partial charge is 0.284 e. The lowest BCUT2D eigenvalue weighted by molar-refractivity contribution is 0.0711. The highest BCUT2D eigenvalue weighted by atomic mass is 32.1. The molecule has 1 amide bonds. The van der Waals surface area contributed by atoms with E-state index in [4.69, 9.17) is 10.9 Å². The molecule has 2 heterocycles. The van der Waals surface area contributed by atoms with Crippen molar-refractivity contribution < 1.29 is 10.0 Å². The summed E-state index contributed by atoms with van der Waals surface area (Å²) in [6, 6.07) is 5.31. The van der Waals surface area contributed by atoms with E-state index in [1.807, 2.05) is 12.3 Å². The minimum atomic E-state index is -0.511. The van der Waals surface area contributed by atoms with E-state index in [0.29, 0.717) is 18.0 Å². The summed E-state index contributed by atoms with van der Waals surface area (Å²) in [5.74, 6) is -0.511. The summed E-state index contributed by atoms with van der Waals surface area (Å²) in [5.41, 5.74) is 7.82. The molecular weight excluding hydrogens is 240 g/mol. The number of nitrogens with two attached hydrogens (primary N) is 1. The Morgan fingerprint density at radius 3 is 3.06 bits per heavy atom. The number of amides is 1. The average Bonchev–Trinajstić information content (AvgIpc) is 2.96. The minimum absolute atomic E-state index is 0.441. The molecular formula is C10H12N4O2S. The molecule has 2 aromatic heterocycles. The maximum absolute atomic E-state index is 11.2. The van der Waals surface area contributed by atoms with Gasteiger partial charge >= 0.3 is 0 Å². The van der Waals surface area contributed by atoms with Crippen LogP contribution in [0.15, 0.2) is 24.4 Å². The summed E-state index contributed by atoms with van der Waals surface area (Å²) in [5, 5.41) is 12.8. The van der Waals surface area contributed by atoms with Gasteiger partial charge in [0.05, 0.1) is 16.3 Å². The van der Waals surface area contributed by atoms with Crippen LogP contribution in [0.2, 0.25) is 0 Å². The molecule has 0 aliphatic heterocycles. The second kappa shape index (κ2) is 5.09. The van der Waals surface area contributed by atoms with Gasteiger partial charge in [-0.1, -0.05) is 0 Å².